The lowest BCUT2D eigenvalue weighted by molar-refractivity contribution is -0.122. The number of hydrogen-bond acceptors (Lipinski definition) is 3. The minimum Gasteiger partial charge on any atom is -0.274 e. The molecule has 144 valence electrons. The number of anilines is 1. The van der Waals surface area contributed by atoms with Crippen molar-refractivity contribution >= 4 is 23.4 Å². The zero-order valence-corrected chi connectivity index (χ0v) is 16.2. The van der Waals surface area contributed by atoms with E-state index in [1.54, 1.807) is 28.9 Å². The molecule has 6 heteroatoms. The van der Waals surface area contributed by atoms with Crippen LogP contribution in [0.15, 0.2) is 48.0 Å². The fraction of sp³-hybridized carbons (Fsp3) is 0.318. The molecular weight excluding hydrogens is 354 g/mol. The van der Waals surface area contributed by atoms with Gasteiger partial charge in [0, 0.05) is 17.0 Å². The maximum absolute atomic E-state index is 12.8. The van der Waals surface area contributed by atoms with Gasteiger partial charge in [0.25, 0.3) is 5.91 Å². The van der Waals surface area contributed by atoms with Gasteiger partial charge in [-0.15, -0.1) is 0 Å². The Hall–Kier alpha value is -3.15. The average Bonchev–Trinajstić information content (AvgIpc) is 3.12. The van der Waals surface area contributed by atoms with Crippen LogP contribution in [0.2, 0.25) is 0 Å². The maximum Gasteiger partial charge on any atom is 0.270 e. The smallest absolute Gasteiger partial charge is 0.270 e. The highest BCUT2D eigenvalue weighted by molar-refractivity contribution is 6.22. The summed E-state index contributed by atoms with van der Waals surface area (Å²) >= 11 is 0. The van der Waals surface area contributed by atoms with Crippen LogP contribution in [-0.4, -0.2) is 22.4 Å². The first-order chi connectivity index (χ1) is 13.4. The molecule has 2 atom stereocenters. The number of imide groups is 1. The molecule has 1 fully saturated rings. The lowest BCUT2D eigenvalue weighted by atomic mass is 9.82. The van der Waals surface area contributed by atoms with E-state index >= 15 is 0 Å². The number of aryl methyl sites for hydroxylation is 2. The predicted octanol–water partition coefficient (Wildman–Crippen LogP) is 3.33. The summed E-state index contributed by atoms with van der Waals surface area (Å²) in [6.45, 7) is 5.83. The van der Waals surface area contributed by atoms with Crippen molar-refractivity contribution in [3.8, 4) is 0 Å². The predicted molar refractivity (Wildman–Crippen MR) is 107 cm³/mol. The fourth-order valence-corrected chi connectivity index (χ4v) is 4.06. The van der Waals surface area contributed by atoms with Gasteiger partial charge in [-0.1, -0.05) is 11.6 Å². The van der Waals surface area contributed by atoms with Gasteiger partial charge in [-0.05, 0) is 70.0 Å². The molecule has 1 aromatic heterocycles. The first-order valence-electron chi connectivity index (χ1n) is 9.46. The lowest BCUT2D eigenvalue weighted by Crippen LogP contribution is -2.31. The highest BCUT2D eigenvalue weighted by Crippen LogP contribution is 2.39. The normalized spacial score (nSPS) is 21.5. The second kappa shape index (κ2) is 6.78. The lowest BCUT2D eigenvalue weighted by Gasteiger charge is -2.18. The molecule has 1 aliphatic carbocycles. The third kappa shape index (κ3) is 2.95. The molecule has 2 aliphatic rings. The molecule has 6 nitrogen and oxygen atoms in total. The molecule has 2 aromatic rings. The van der Waals surface area contributed by atoms with Crippen molar-refractivity contribution in [1.29, 1.82) is 0 Å². The number of fused-ring (bicyclic) bond motifs is 1. The van der Waals surface area contributed by atoms with Gasteiger partial charge in [-0.3, -0.25) is 29.4 Å². The van der Waals surface area contributed by atoms with Gasteiger partial charge in [0.15, 0.2) is 0 Å². The number of carbonyl (C=O) groups is 3. The van der Waals surface area contributed by atoms with Crippen LogP contribution in [0.1, 0.15) is 41.5 Å². The topological polar surface area (TPSA) is 71.4 Å². The minimum atomic E-state index is -0.265. The molecule has 28 heavy (non-hydrogen) atoms. The summed E-state index contributed by atoms with van der Waals surface area (Å²) in [7, 11) is 0. The second-order valence-electron chi connectivity index (χ2n) is 7.65. The molecule has 3 amide bonds. The van der Waals surface area contributed by atoms with Crippen molar-refractivity contribution in [3.05, 3.63) is 65.0 Å². The van der Waals surface area contributed by atoms with Gasteiger partial charge in [0.1, 0.15) is 0 Å². The Kier molecular flexibility index (Phi) is 4.41. The Labute approximate surface area is 163 Å². The largest absolute Gasteiger partial charge is 0.274 e. The van der Waals surface area contributed by atoms with Gasteiger partial charge in [0.2, 0.25) is 11.8 Å². The number of rotatable bonds is 3. The second-order valence-corrected chi connectivity index (χ2v) is 7.65. The van der Waals surface area contributed by atoms with Crippen LogP contribution in [0.4, 0.5) is 5.69 Å². The average molecular weight is 377 g/mol. The number of allylic oxidation sites excluding steroid dienone is 2. The van der Waals surface area contributed by atoms with Crippen LogP contribution in [0.5, 0.6) is 0 Å². The third-order valence-corrected chi connectivity index (χ3v) is 5.70. The van der Waals surface area contributed by atoms with Gasteiger partial charge in [-0.25, -0.2) is 0 Å². The Bertz CT molecular complexity index is 981. The van der Waals surface area contributed by atoms with Gasteiger partial charge >= 0.3 is 0 Å². The molecule has 0 radical (unpaired) electrons. The standard InChI is InChI=1S/C22H23N3O3/c1-13-4-11-18-19(12-13)22(28)24(21(18)27)17-9-7-16(8-10-17)20(26)23-25-14(2)5-6-15(25)3/h4-10,18-19H,11-12H2,1-3H3,(H,23,26)/t18-,19-/m1/s1. The highest BCUT2D eigenvalue weighted by atomic mass is 16.2. The first kappa shape index (κ1) is 18.2. The number of benzene rings is 1. The number of nitrogens with zero attached hydrogens (tertiary/aromatic N) is 2. The molecule has 1 aliphatic heterocycles. The van der Waals surface area contributed by atoms with Crippen molar-refractivity contribution < 1.29 is 14.4 Å². The van der Waals surface area contributed by atoms with E-state index in [9.17, 15) is 14.4 Å². The van der Waals surface area contributed by atoms with E-state index in [0.29, 0.717) is 24.1 Å². The first-order valence-corrected chi connectivity index (χ1v) is 9.46. The quantitative estimate of drug-likeness (QED) is 0.659. The van der Waals surface area contributed by atoms with E-state index in [4.69, 9.17) is 0 Å². The maximum atomic E-state index is 12.8. The Morgan fingerprint density at radius 1 is 0.929 bits per heavy atom. The summed E-state index contributed by atoms with van der Waals surface area (Å²) < 4.78 is 1.73. The third-order valence-electron chi connectivity index (χ3n) is 5.70. The van der Waals surface area contributed by atoms with E-state index in [0.717, 1.165) is 17.0 Å². The molecular formula is C22H23N3O3. The molecule has 0 unspecified atom stereocenters. The van der Waals surface area contributed by atoms with Gasteiger partial charge < -0.3 is 0 Å². The van der Waals surface area contributed by atoms with E-state index in [1.165, 1.54) is 4.90 Å². The summed E-state index contributed by atoms with van der Waals surface area (Å²) in [6, 6.07) is 10.5. The molecule has 0 spiro atoms. The Balaban J connectivity index is 1.53. The van der Waals surface area contributed by atoms with Crippen LogP contribution in [0.25, 0.3) is 0 Å². The molecule has 2 heterocycles. The zero-order chi connectivity index (χ0) is 20.0. The number of carbonyl (C=O) groups excluding carboxylic acids is 3. The molecule has 0 saturated carbocycles. The number of aromatic nitrogens is 1. The fourth-order valence-electron chi connectivity index (χ4n) is 4.06. The number of nitrogens with one attached hydrogen (secondary N) is 1. The minimum absolute atomic E-state index is 0.141. The van der Waals surface area contributed by atoms with Crippen molar-refractivity contribution in [2.24, 2.45) is 11.8 Å². The van der Waals surface area contributed by atoms with E-state index in [1.807, 2.05) is 32.9 Å². The summed E-state index contributed by atoms with van der Waals surface area (Å²) in [4.78, 5) is 39.4. The summed E-state index contributed by atoms with van der Waals surface area (Å²) in [5.41, 5.74) is 6.86. The van der Waals surface area contributed by atoms with Gasteiger partial charge in [0.05, 0.1) is 17.5 Å². The van der Waals surface area contributed by atoms with Crippen molar-refractivity contribution in [3.63, 3.8) is 0 Å². The van der Waals surface area contributed by atoms with Crippen LogP contribution in [-0.2, 0) is 9.59 Å². The van der Waals surface area contributed by atoms with Crippen molar-refractivity contribution in [2.45, 2.75) is 33.6 Å². The summed E-state index contributed by atoms with van der Waals surface area (Å²) in [5, 5.41) is 0. The molecule has 0 bridgehead atoms. The Morgan fingerprint density at radius 3 is 2.18 bits per heavy atom. The van der Waals surface area contributed by atoms with Gasteiger partial charge in [-0.2, -0.15) is 0 Å². The number of hydrogen-bond donors (Lipinski definition) is 1. The SMILES string of the molecule is CC1=CC[C@H]2C(=O)N(c3ccc(C(=O)Nn4c(C)ccc4C)cc3)C(=O)[C@@H]2C1. The summed E-state index contributed by atoms with van der Waals surface area (Å²) in [6.07, 6.45) is 3.31. The Morgan fingerprint density at radius 2 is 1.54 bits per heavy atom. The highest BCUT2D eigenvalue weighted by Gasteiger charge is 2.48. The molecule has 4 rings (SSSR count). The molecule has 1 saturated heterocycles. The zero-order valence-electron chi connectivity index (χ0n) is 16.2. The van der Waals surface area contributed by atoms with Crippen LogP contribution in [0, 0.1) is 25.7 Å². The molecule has 1 N–H and O–H groups in total. The van der Waals surface area contributed by atoms with Crippen LogP contribution in [0.3, 0.4) is 0 Å². The van der Waals surface area contributed by atoms with E-state index in [2.05, 4.69) is 11.5 Å². The van der Waals surface area contributed by atoms with E-state index in [-0.39, 0.29) is 29.6 Å². The van der Waals surface area contributed by atoms with Crippen molar-refractivity contribution in [2.75, 3.05) is 10.3 Å². The van der Waals surface area contributed by atoms with Crippen molar-refractivity contribution in [1.82, 2.24) is 4.68 Å². The van der Waals surface area contributed by atoms with Crippen LogP contribution < -0.4 is 10.3 Å². The number of amides is 3. The monoisotopic (exact) mass is 377 g/mol. The summed E-state index contributed by atoms with van der Waals surface area (Å²) in [5.74, 6) is -1.06. The molecule has 1 aromatic carbocycles. The van der Waals surface area contributed by atoms with Crippen LogP contribution >= 0.6 is 0 Å². The van der Waals surface area contributed by atoms with E-state index < -0.39 is 0 Å².